The van der Waals surface area contributed by atoms with Gasteiger partial charge in [0.1, 0.15) is 24.4 Å². The van der Waals surface area contributed by atoms with Crippen LogP contribution in [0, 0.1) is 12.3 Å². The van der Waals surface area contributed by atoms with Crippen LogP contribution in [0.5, 0.6) is 5.75 Å². The molecule has 14 heteroatoms. The lowest BCUT2D eigenvalue weighted by molar-refractivity contribution is -0.144. The number of nitrogens with zero attached hydrogens (tertiary/aromatic N) is 2. The quantitative estimate of drug-likeness (QED) is 0.109. The first-order valence-electron chi connectivity index (χ1n) is 18.6. The van der Waals surface area contributed by atoms with Crippen LogP contribution < -0.4 is 26.8 Å². The van der Waals surface area contributed by atoms with Crippen LogP contribution in [0.25, 0.3) is 10.4 Å². The van der Waals surface area contributed by atoms with Crippen LogP contribution in [0.15, 0.2) is 48.0 Å². The predicted octanol–water partition coefficient (Wildman–Crippen LogP) is 5.22. The third-order valence-electron chi connectivity index (χ3n) is 9.65. The maximum Gasteiger partial charge on any atom is 0.246 e. The van der Waals surface area contributed by atoms with E-state index in [1.54, 1.807) is 23.5 Å². The Hall–Kier alpha value is -4.04. The zero-order valence-electron chi connectivity index (χ0n) is 31.9. The van der Waals surface area contributed by atoms with E-state index < -0.39 is 35.4 Å². The summed E-state index contributed by atoms with van der Waals surface area (Å²) in [6.07, 6.45) is 2.96. The number of thiazole rings is 1. The second kappa shape index (κ2) is 19.5. The third kappa shape index (κ3) is 12.2. The summed E-state index contributed by atoms with van der Waals surface area (Å²) in [6, 6.07) is 11.0. The molecule has 0 radical (unpaired) electrons. The van der Waals surface area contributed by atoms with E-state index in [1.807, 2.05) is 70.5 Å². The third-order valence-corrected chi connectivity index (χ3v) is 11.0. The number of ether oxygens (including phenoxy) is 1. The fourth-order valence-corrected chi connectivity index (χ4v) is 7.50. The Bertz CT molecular complexity index is 1740. The highest BCUT2D eigenvalue weighted by Gasteiger charge is 2.44. The molecule has 4 rings (SSSR count). The van der Waals surface area contributed by atoms with Crippen molar-refractivity contribution in [1.29, 1.82) is 0 Å². The Kier molecular flexibility index (Phi) is 15.4. The summed E-state index contributed by atoms with van der Waals surface area (Å²) >= 11 is 8.01. The number of halogens is 1. The normalized spacial score (nSPS) is 17.4. The maximum atomic E-state index is 14.0. The van der Waals surface area contributed by atoms with Gasteiger partial charge in [0, 0.05) is 36.9 Å². The summed E-state index contributed by atoms with van der Waals surface area (Å²) in [6.45, 7) is 9.71. The maximum absolute atomic E-state index is 14.0. The lowest BCUT2D eigenvalue weighted by atomic mass is 9.85. The molecule has 2 heterocycles. The molecule has 0 unspecified atom stereocenters. The van der Waals surface area contributed by atoms with Crippen LogP contribution in [-0.4, -0.2) is 76.0 Å². The minimum absolute atomic E-state index is 0.00749. The zero-order chi connectivity index (χ0) is 39.6. The number of primary amides is 1. The smallest absolute Gasteiger partial charge is 0.246 e. The van der Waals surface area contributed by atoms with Gasteiger partial charge in [-0.1, -0.05) is 63.1 Å². The molecule has 5 atom stereocenters. The van der Waals surface area contributed by atoms with Crippen molar-refractivity contribution in [2.75, 3.05) is 13.2 Å². The van der Waals surface area contributed by atoms with Crippen LogP contribution in [0.2, 0.25) is 5.02 Å². The van der Waals surface area contributed by atoms with E-state index in [9.17, 15) is 24.3 Å². The number of aliphatic hydroxyl groups excluding tert-OH is 1. The standard InChI is InChI=1S/C40H55ClN6O6S/c1-24(26-11-13-27(14-12-26)36-25(2)44-23-54-36)45-38(51)33-20-30(48)21-47(33)39(52)37(40(3,4)5)46-35(50)10-8-6-7-9-28-19-31(16-17-32(28)41)53-22-29(42)15-18-34(43)49/h11-14,16-17,19,23-24,29-30,33,37,48H,6-10,15,18,20-22,42H2,1-5H3,(H2,43,49)(H,45,51)(H,46,50)/t24-,29-,30+,33-,37+/m0/s1. The van der Waals surface area contributed by atoms with Crippen molar-refractivity contribution in [3.05, 3.63) is 69.8 Å². The summed E-state index contributed by atoms with van der Waals surface area (Å²) in [5.41, 5.74) is 16.2. The molecule has 7 N–H and O–H groups in total. The number of carbonyl (C=O) groups excluding carboxylic acids is 4. The Morgan fingerprint density at radius 2 is 1.80 bits per heavy atom. The molecule has 1 aliphatic rings. The number of unbranched alkanes of at least 4 members (excludes halogenated alkanes) is 2. The van der Waals surface area contributed by atoms with Gasteiger partial charge in [0.25, 0.3) is 0 Å². The van der Waals surface area contributed by atoms with Gasteiger partial charge in [0.2, 0.25) is 23.6 Å². The van der Waals surface area contributed by atoms with Gasteiger partial charge in [-0.3, -0.25) is 19.2 Å². The zero-order valence-corrected chi connectivity index (χ0v) is 33.5. The molecule has 0 bridgehead atoms. The van der Waals surface area contributed by atoms with E-state index in [2.05, 4.69) is 15.6 Å². The lowest BCUT2D eigenvalue weighted by Crippen LogP contribution is -2.57. The molecule has 294 valence electrons. The van der Waals surface area contributed by atoms with E-state index in [-0.39, 0.29) is 56.3 Å². The highest BCUT2D eigenvalue weighted by atomic mass is 35.5. The monoisotopic (exact) mass is 782 g/mol. The molecule has 3 aromatic rings. The number of nitrogens with one attached hydrogen (secondary N) is 2. The minimum atomic E-state index is -0.892. The number of likely N-dealkylation sites (tertiary alicyclic amines) is 1. The molecule has 0 spiro atoms. The number of aryl methyl sites for hydroxylation is 2. The molecular weight excluding hydrogens is 728 g/mol. The number of nitrogens with two attached hydrogens (primary N) is 2. The second-order valence-electron chi connectivity index (χ2n) is 15.3. The van der Waals surface area contributed by atoms with Crippen LogP contribution in [0.1, 0.15) is 95.5 Å². The van der Waals surface area contributed by atoms with Crippen LogP contribution in [0.4, 0.5) is 0 Å². The topological polar surface area (TPSA) is 190 Å². The van der Waals surface area contributed by atoms with Gasteiger partial charge in [0.15, 0.2) is 0 Å². The Labute approximate surface area is 327 Å². The van der Waals surface area contributed by atoms with Crippen LogP contribution in [-0.2, 0) is 25.6 Å². The van der Waals surface area contributed by atoms with Crippen molar-refractivity contribution in [2.24, 2.45) is 16.9 Å². The van der Waals surface area contributed by atoms with Gasteiger partial charge in [0.05, 0.1) is 28.2 Å². The van der Waals surface area contributed by atoms with Crippen molar-refractivity contribution in [3.63, 3.8) is 0 Å². The fraction of sp³-hybridized carbons (Fsp3) is 0.525. The van der Waals surface area contributed by atoms with Crippen LogP contribution >= 0.6 is 22.9 Å². The molecule has 0 aliphatic carbocycles. The largest absolute Gasteiger partial charge is 0.492 e. The highest BCUT2D eigenvalue weighted by Crippen LogP contribution is 2.30. The molecule has 1 aliphatic heterocycles. The SMILES string of the molecule is Cc1ncsc1-c1ccc([C@H](C)NC(=O)[C@@H]2C[C@@H](O)CN2C(=O)[C@@H](NC(=O)CCCCCc2cc(OC[C@@H](N)CCC(N)=O)ccc2Cl)C(C)(C)C)cc1. The van der Waals surface area contributed by atoms with Crippen molar-refractivity contribution in [2.45, 2.75) is 116 Å². The van der Waals surface area contributed by atoms with Gasteiger partial charge in [-0.2, -0.15) is 0 Å². The number of benzene rings is 2. The minimum Gasteiger partial charge on any atom is -0.492 e. The summed E-state index contributed by atoms with van der Waals surface area (Å²) < 4.78 is 5.80. The molecule has 1 saturated heterocycles. The molecule has 12 nitrogen and oxygen atoms in total. The number of hydrogen-bond donors (Lipinski definition) is 5. The first-order chi connectivity index (χ1) is 25.5. The number of aromatic nitrogens is 1. The van der Waals surface area contributed by atoms with Crippen molar-refractivity contribution >= 4 is 46.6 Å². The Morgan fingerprint density at radius 1 is 1.07 bits per heavy atom. The van der Waals surface area contributed by atoms with Gasteiger partial charge >= 0.3 is 0 Å². The molecular formula is C40H55ClN6O6S. The van der Waals surface area contributed by atoms with Gasteiger partial charge in [-0.15, -0.1) is 11.3 Å². The second-order valence-corrected chi connectivity index (χ2v) is 16.5. The molecule has 1 aromatic heterocycles. The first-order valence-corrected chi connectivity index (χ1v) is 19.8. The Morgan fingerprint density at radius 3 is 2.44 bits per heavy atom. The van der Waals surface area contributed by atoms with E-state index in [4.69, 9.17) is 27.8 Å². The van der Waals surface area contributed by atoms with Gasteiger partial charge in [-0.25, -0.2) is 4.98 Å². The number of hydrogen-bond acceptors (Lipinski definition) is 9. The molecule has 4 amide bonds. The van der Waals surface area contributed by atoms with Crippen molar-refractivity contribution in [1.82, 2.24) is 20.5 Å². The molecule has 1 fully saturated rings. The first kappa shape index (κ1) is 42.7. The van der Waals surface area contributed by atoms with Gasteiger partial charge < -0.3 is 36.8 Å². The number of carbonyl (C=O) groups is 4. The van der Waals surface area contributed by atoms with E-state index in [0.717, 1.165) is 40.1 Å². The average molecular weight is 783 g/mol. The summed E-state index contributed by atoms with van der Waals surface area (Å²) in [4.78, 5) is 58.6. The number of β-amino-alcohol motifs (C(OH)–C–C–N with tert-alkyl or cyclic N) is 1. The number of rotatable bonds is 18. The van der Waals surface area contributed by atoms with Crippen molar-refractivity contribution in [3.8, 4) is 16.2 Å². The molecule has 54 heavy (non-hydrogen) atoms. The van der Waals surface area contributed by atoms with Crippen LogP contribution in [0.3, 0.4) is 0 Å². The van der Waals surface area contributed by atoms with Gasteiger partial charge in [-0.05, 0) is 79.8 Å². The highest BCUT2D eigenvalue weighted by molar-refractivity contribution is 7.13. The summed E-state index contributed by atoms with van der Waals surface area (Å²) in [5.74, 6) is -0.765. The van der Waals surface area contributed by atoms with E-state index >= 15 is 0 Å². The average Bonchev–Trinajstić information content (AvgIpc) is 3.74. The predicted molar refractivity (Wildman–Crippen MR) is 212 cm³/mol. The molecule has 2 aromatic carbocycles. The Balaban J connectivity index is 1.27. The summed E-state index contributed by atoms with van der Waals surface area (Å²) in [5, 5.41) is 17.2. The van der Waals surface area contributed by atoms with E-state index in [0.29, 0.717) is 30.0 Å². The number of aliphatic hydroxyl groups is 1. The van der Waals surface area contributed by atoms with Crippen molar-refractivity contribution < 1.29 is 29.0 Å². The number of amides is 4. The fourth-order valence-electron chi connectivity index (χ4n) is 6.47. The summed E-state index contributed by atoms with van der Waals surface area (Å²) in [7, 11) is 0. The molecule has 0 saturated carbocycles. The lowest BCUT2D eigenvalue weighted by Gasteiger charge is -2.35. The van der Waals surface area contributed by atoms with E-state index in [1.165, 1.54) is 4.90 Å².